The number of hydrogen-bond acceptors (Lipinski definition) is 5. The Morgan fingerprint density at radius 2 is 2.24 bits per heavy atom. The van der Waals surface area contributed by atoms with E-state index in [2.05, 4.69) is 20.6 Å². The van der Waals surface area contributed by atoms with E-state index in [-0.39, 0.29) is 17.1 Å². The van der Waals surface area contributed by atoms with Crippen LogP contribution < -0.4 is 15.4 Å². The minimum absolute atomic E-state index is 0.149. The molecule has 1 aliphatic heterocycles. The number of amides is 1. The summed E-state index contributed by atoms with van der Waals surface area (Å²) in [6, 6.07) is 1.55. The van der Waals surface area contributed by atoms with Gasteiger partial charge in [-0.15, -0.1) is 0 Å². The monoisotopic (exact) mass is 256 g/mol. The quantitative estimate of drug-likeness (QED) is 0.771. The Kier molecular flexibility index (Phi) is 4.11. The summed E-state index contributed by atoms with van der Waals surface area (Å²) >= 11 is 5.65. The number of nitrogens with one attached hydrogen (secondary N) is 2. The Balaban J connectivity index is 1.84. The van der Waals surface area contributed by atoms with Crippen LogP contribution in [0.1, 0.15) is 12.8 Å². The van der Waals surface area contributed by atoms with Crippen LogP contribution in [-0.4, -0.2) is 35.2 Å². The predicted molar refractivity (Wildman–Crippen MR) is 62.1 cm³/mol. The topological polar surface area (TPSA) is 76.1 Å². The van der Waals surface area contributed by atoms with Crippen LogP contribution >= 0.6 is 11.6 Å². The maximum absolute atomic E-state index is 11.5. The van der Waals surface area contributed by atoms with Crippen LogP contribution in [0.3, 0.4) is 0 Å². The number of piperidine rings is 1. The highest BCUT2D eigenvalue weighted by Gasteiger charge is 2.16. The molecule has 0 spiro atoms. The van der Waals surface area contributed by atoms with Crippen molar-refractivity contribution in [1.29, 1.82) is 0 Å². The lowest BCUT2D eigenvalue weighted by molar-refractivity contribution is 0.191. The van der Waals surface area contributed by atoms with Crippen molar-refractivity contribution in [2.75, 3.05) is 13.1 Å². The fourth-order valence-corrected chi connectivity index (χ4v) is 1.77. The van der Waals surface area contributed by atoms with Gasteiger partial charge in [-0.1, -0.05) is 11.6 Å². The molecule has 0 aromatic carbocycles. The molecule has 1 aromatic rings. The van der Waals surface area contributed by atoms with Gasteiger partial charge in [0.2, 0.25) is 5.88 Å². The first-order chi connectivity index (χ1) is 8.24. The van der Waals surface area contributed by atoms with Gasteiger partial charge in [0.25, 0.3) is 0 Å². The number of ether oxygens (including phenoxy) is 1. The zero-order chi connectivity index (χ0) is 12.1. The molecule has 0 atom stereocenters. The van der Waals surface area contributed by atoms with E-state index in [9.17, 15) is 4.79 Å². The number of rotatable bonds is 2. The van der Waals surface area contributed by atoms with Gasteiger partial charge in [-0.25, -0.2) is 14.8 Å². The first-order valence-electron chi connectivity index (χ1n) is 5.40. The van der Waals surface area contributed by atoms with Crippen LogP contribution in [0.5, 0.6) is 5.88 Å². The van der Waals surface area contributed by atoms with Crippen molar-refractivity contribution in [3.8, 4) is 5.88 Å². The van der Waals surface area contributed by atoms with Crippen LogP contribution in [0.15, 0.2) is 12.4 Å². The first kappa shape index (κ1) is 12.1. The summed E-state index contributed by atoms with van der Waals surface area (Å²) < 4.78 is 4.99. The summed E-state index contributed by atoms with van der Waals surface area (Å²) in [5.74, 6) is 0.149. The number of halogens is 1. The average Bonchev–Trinajstić information content (AvgIpc) is 2.30. The van der Waals surface area contributed by atoms with E-state index in [0.29, 0.717) is 0 Å². The summed E-state index contributed by atoms with van der Waals surface area (Å²) in [4.78, 5) is 19.0. The maximum atomic E-state index is 11.5. The van der Waals surface area contributed by atoms with Gasteiger partial charge in [0.15, 0.2) is 0 Å². The minimum Gasteiger partial charge on any atom is -0.391 e. The van der Waals surface area contributed by atoms with Gasteiger partial charge in [-0.2, -0.15) is 0 Å². The lowest BCUT2D eigenvalue weighted by atomic mass is 10.1. The van der Waals surface area contributed by atoms with Crippen LogP contribution in [0.25, 0.3) is 0 Å². The number of aromatic nitrogens is 2. The molecule has 1 fully saturated rings. The van der Waals surface area contributed by atoms with E-state index in [1.165, 1.54) is 12.4 Å². The Morgan fingerprint density at radius 3 is 2.94 bits per heavy atom. The molecule has 92 valence electrons. The Bertz CT molecular complexity index is 396. The second kappa shape index (κ2) is 5.79. The Labute approximate surface area is 104 Å². The zero-order valence-electron chi connectivity index (χ0n) is 9.15. The van der Waals surface area contributed by atoms with Gasteiger partial charge in [0.05, 0.1) is 0 Å². The predicted octanol–water partition coefficient (Wildman–Crippen LogP) is 0.970. The lowest BCUT2D eigenvalue weighted by Gasteiger charge is -2.22. The van der Waals surface area contributed by atoms with E-state index >= 15 is 0 Å². The van der Waals surface area contributed by atoms with Crippen LogP contribution in [0.4, 0.5) is 4.79 Å². The molecule has 1 amide bonds. The number of nitrogens with zero attached hydrogens (tertiary/aromatic N) is 2. The first-order valence-corrected chi connectivity index (χ1v) is 5.78. The van der Waals surface area contributed by atoms with E-state index in [0.717, 1.165) is 25.9 Å². The summed E-state index contributed by atoms with van der Waals surface area (Å²) in [5, 5.41) is 6.24. The second-order valence-electron chi connectivity index (χ2n) is 3.74. The van der Waals surface area contributed by atoms with Gasteiger partial charge in [0.1, 0.15) is 11.5 Å². The summed E-state index contributed by atoms with van der Waals surface area (Å²) in [6.07, 6.45) is 2.54. The van der Waals surface area contributed by atoms with Crippen molar-refractivity contribution >= 4 is 17.7 Å². The van der Waals surface area contributed by atoms with Crippen molar-refractivity contribution < 1.29 is 9.53 Å². The van der Waals surface area contributed by atoms with E-state index < -0.39 is 6.09 Å². The van der Waals surface area contributed by atoms with Crippen LogP contribution in [0, 0.1) is 0 Å². The van der Waals surface area contributed by atoms with Crippen molar-refractivity contribution in [3.63, 3.8) is 0 Å². The van der Waals surface area contributed by atoms with E-state index in [1.807, 2.05) is 0 Å². The largest absolute Gasteiger partial charge is 0.414 e. The molecule has 1 aliphatic rings. The molecule has 7 heteroatoms. The highest BCUT2D eigenvalue weighted by atomic mass is 35.5. The minimum atomic E-state index is -0.508. The fraction of sp³-hybridized carbons (Fsp3) is 0.500. The van der Waals surface area contributed by atoms with Crippen molar-refractivity contribution in [3.05, 3.63) is 17.5 Å². The molecular weight excluding hydrogens is 244 g/mol. The third kappa shape index (κ3) is 3.83. The molecule has 2 rings (SSSR count). The Morgan fingerprint density at radius 1 is 1.47 bits per heavy atom. The molecule has 0 unspecified atom stereocenters. The number of hydrogen-bond donors (Lipinski definition) is 2. The van der Waals surface area contributed by atoms with E-state index in [1.54, 1.807) is 0 Å². The molecule has 2 heterocycles. The fourth-order valence-electron chi connectivity index (χ4n) is 1.63. The molecule has 0 saturated carbocycles. The summed E-state index contributed by atoms with van der Waals surface area (Å²) in [5.41, 5.74) is 0. The maximum Gasteiger partial charge on any atom is 0.414 e. The molecule has 1 aromatic heterocycles. The molecule has 2 N–H and O–H groups in total. The highest BCUT2D eigenvalue weighted by Crippen LogP contribution is 2.11. The third-order valence-electron chi connectivity index (χ3n) is 2.47. The van der Waals surface area contributed by atoms with Gasteiger partial charge in [0, 0.05) is 12.1 Å². The number of carbonyl (C=O) groups excluding carboxylic acids is 1. The van der Waals surface area contributed by atoms with Gasteiger partial charge in [-0.3, -0.25) is 0 Å². The van der Waals surface area contributed by atoms with Crippen molar-refractivity contribution in [2.24, 2.45) is 0 Å². The van der Waals surface area contributed by atoms with Crippen LogP contribution in [-0.2, 0) is 0 Å². The number of carbonyl (C=O) groups is 1. The molecule has 0 bridgehead atoms. The standard InChI is InChI=1S/C10H13ClN4O2/c11-8-5-9(14-6-13-8)17-10(16)15-7-1-3-12-4-2-7/h5-7,12H,1-4H2,(H,15,16). The van der Waals surface area contributed by atoms with Gasteiger partial charge in [-0.05, 0) is 25.9 Å². The Hall–Kier alpha value is -1.40. The summed E-state index contributed by atoms with van der Waals surface area (Å²) in [6.45, 7) is 1.81. The third-order valence-corrected chi connectivity index (χ3v) is 2.67. The SMILES string of the molecule is O=C(NC1CCNCC1)Oc1cc(Cl)ncn1. The lowest BCUT2D eigenvalue weighted by Crippen LogP contribution is -2.43. The zero-order valence-corrected chi connectivity index (χ0v) is 9.91. The van der Waals surface area contributed by atoms with Crippen molar-refractivity contribution in [1.82, 2.24) is 20.6 Å². The highest BCUT2D eigenvalue weighted by molar-refractivity contribution is 6.29. The molecule has 0 aliphatic carbocycles. The van der Waals surface area contributed by atoms with Gasteiger partial charge < -0.3 is 15.4 Å². The molecular formula is C10H13ClN4O2. The van der Waals surface area contributed by atoms with Gasteiger partial charge >= 0.3 is 6.09 Å². The molecule has 17 heavy (non-hydrogen) atoms. The average molecular weight is 257 g/mol. The summed E-state index contributed by atoms with van der Waals surface area (Å²) in [7, 11) is 0. The molecule has 0 radical (unpaired) electrons. The van der Waals surface area contributed by atoms with Crippen molar-refractivity contribution in [2.45, 2.75) is 18.9 Å². The normalized spacial score (nSPS) is 16.5. The second-order valence-corrected chi connectivity index (χ2v) is 4.12. The molecule has 6 nitrogen and oxygen atoms in total. The van der Waals surface area contributed by atoms with Crippen LogP contribution in [0.2, 0.25) is 5.15 Å². The smallest absolute Gasteiger partial charge is 0.391 e. The molecule has 1 saturated heterocycles. The van der Waals surface area contributed by atoms with E-state index in [4.69, 9.17) is 16.3 Å².